The van der Waals surface area contributed by atoms with E-state index in [4.69, 9.17) is 16.3 Å². The summed E-state index contributed by atoms with van der Waals surface area (Å²) in [7, 11) is 1.45. The smallest absolute Gasteiger partial charge is 0.417 e. The van der Waals surface area contributed by atoms with Crippen molar-refractivity contribution >= 4 is 34.9 Å². The Morgan fingerprint density at radius 3 is 2.36 bits per heavy atom. The van der Waals surface area contributed by atoms with Gasteiger partial charge in [0.05, 0.1) is 16.3 Å². The van der Waals surface area contributed by atoms with Gasteiger partial charge in [-0.3, -0.25) is 9.78 Å². The molecule has 0 saturated heterocycles. The fraction of sp³-hybridized carbons (Fsp3) is 0.0952. The van der Waals surface area contributed by atoms with E-state index in [1.807, 2.05) is 0 Å². The maximum Gasteiger partial charge on any atom is 0.417 e. The number of aromatic nitrogens is 1. The molecule has 3 N–H and O–H groups in total. The molecule has 0 fully saturated rings. The van der Waals surface area contributed by atoms with Crippen LogP contribution in [0.4, 0.5) is 33.7 Å². The predicted molar refractivity (Wildman–Crippen MR) is 113 cm³/mol. The van der Waals surface area contributed by atoms with Crippen LogP contribution in [0.25, 0.3) is 0 Å². The van der Waals surface area contributed by atoms with Crippen LogP contribution in [0.2, 0.25) is 5.02 Å². The second-order valence-corrected chi connectivity index (χ2v) is 6.88. The van der Waals surface area contributed by atoms with Crippen LogP contribution in [0.15, 0.2) is 54.7 Å². The summed E-state index contributed by atoms with van der Waals surface area (Å²) in [5.74, 6) is -0.942. The van der Waals surface area contributed by atoms with Gasteiger partial charge in [0.1, 0.15) is 23.0 Å². The molecule has 7 nitrogen and oxygen atoms in total. The van der Waals surface area contributed by atoms with E-state index in [-0.39, 0.29) is 28.6 Å². The third-order valence-electron chi connectivity index (χ3n) is 4.15. The van der Waals surface area contributed by atoms with E-state index >= 15 is 0 Å². The van der Waals surface area contributed by atoms with Gasteiger partial charge in [0.15, 0.2) is 0 Å². The molecule has 3 aromatic rings. The van der Waals surface area contributed by atoms with Gasteiger partial charge in [-0.1, -0.05) is 11.6 Å². The van der Waals surface area contributed by atoms with E-state index in [2.05, 4.69) is 20.9 Å². The van der Waals surface area contributed by atoms with Crippen molar-refractivity contribution in [1.82, 2.24) is 10.3 Å². The summed E-state index contributed by atoms with van der Waals surface area (Å²) in [5, 5.41) is 6.33. The lowest BCUT2D eigenvalue weighted by Crippen LogP contribution is -2.20. The molecule has 1 heterocycles. The Balaban J connectivity index is 1.66. The topological polar surface area (TPSA) is 92.4 Å². The Kier molecular flexibility index (Phi) is 7.02. The molecule has 12 heteroatoms. The summed E-state index contributed by atoms with van der Waals surface area (Å²) in [4.78, 5) is 27.6. The Morgan fingerprint density at radius 1 is 1.00 bits per heavy atom. The Bertz CT molecular complexity index is 1200. The molecule has 3 amide bonds. The van der Waals surface area contributed by atoms with Crippen molar-refractivity contribution in [2.75, 3.05) is 17.7 Å². The number of rotatable bonds is 5. The summed E-state index contributed by atoms with van der Waals surface area (Å²) in [5.41, 5.74) is -1.17. The first kappa shape index (κ1) is 23.8. The minimum Gasteiger partial charge on any atom is -0.457 e. The maximum absolute atomic E-state index is 14.4. The highest BCUT2D eigenvalue weighted by molar-refractivity contribution is 6.31. The van der Waals surface area contributed by atoms with Crippen molar-refractivity contribution in [3.8, 4) is 11.5 Å². The average Bonchev–Trinajstić information content (AvgIpc) is 2.74. The number of halogens is 5. The summed E-state index contributed by atoms with van der Waals surface area (Å²) in [6.45, 7) is 0. The van der Waals surface area contributed by atoms with Crippen molar-refractivity contribution in [3.63, 3.8) is 0 Å². The van der Waals surface area contributed by atoms with Crippen LogP contribution in [0.1, 0.15) is 16.1 Å². The van der Waals surface area contributed by atoms with Crippen LogP contribution in [-0.2, 0) is 6.18 Å². The van der Waals surface area contributed by atoms with Gasteiger partial charge in [-0.15, -0.1) is 0 Å². The van der Waals surface area contributed by atoms with Gasteiger partial charge in [0.2, 0.25) is 0 Å². The highest BCUT2D eigenvalue weighted by Gasteiger charge is 2.33. The first-order valence-electron chi connectivity index (χ1n) is 9.17. The normalized spacial score (nSPS) is 11.0. The molecule has 2 aromatic carbocycles. The SMILES string of the molecule is CNC(=O)c1cc(Oc2ccc(NC(=O)Nc3ccc(C(F)(F)F)c(Cl)c3)c(F)c2)ccn1. The molecule has 172 valence electrons. The van der Waals surface area contributed by atoms with Crippen LogP contribution in [0, 0.1) is 5.82 Å². The van der Waals surface area contributed by atoms with E-state index in [1.54, 1.807) is 0 Å². The number of carbonyl (C=O) groups excluding carboxylic acids is 2. The van der Waals surface area contributed by atoms with Gasteiger partial charge in [-0.2, -0.15) is 13.2 Å². The molecule has 0 spiro atoms. The molecule has 0 aliphatic carbocycles. The molecule has 0 radical (unpaired) electrons. The van der Waals surface area contributed by atoms with E-state index in [0.29, 0.717) is 0 Å². The molecular formula is C21H15ClF4N4O3. The van der Waals surface area contributed by atoms with Gasteiger partial charge in [0.25, 0.3) is 5.91 Å². The van der Waals surface area contributed by atoms with Crippen molar-refractivity contribution in [2.45, 2.75) is 6.18 Å². The number of nitrogens with one attached hydrogen (secondary N) is 3. The van der Waals surface area contributed by atoms with Gasteiger partial charge < -0.3 is 20.7 Å². The second kappa shape index (κ2) is 9.74. The molecule has 3 rings (SSSR count). The van der Waals surface area contributed by atoms with Gasteiger partial charge >= 0.3 is 12.2 Å². The molecule has 0 saturated carbocycles. The Morgan fingerprint density at radius 2 is 1.73 bits per heavy atom. The van der Waals surface area contributed by atoms with Crippen molar-refractivity contribution in [3.05, 3.63) is 76.8 Å². The first-order valence-corrected chi connectivity index (χ1v) is 9.55. The summed E-state index contributed by atoms with van der Waals surface area (Å²) < 4.78 is 58.2. The minimum atomic E-state index is -4.63. The predicted octanol–water partition coefficient (Wildman–Crippen LogP) is 5.69. The largest absolute Gasteiger partial charge is 0.457 e. The number of hydrogen-bond donors (Lipinski definition) is 3. The quantitative estimate of drug-likeness (QED) is 0.407. The highest BCUT2D eigenvalue weighted by atomic mass is 35.5. The molecule has 1 aromatic heterocycles. The molecule has 0 bridgehead atoms. The van der Waals surface area contributed by atoms with Gasteiger partial charge in [-0.25, -0.2) is 9.18 Å². The van der Waals surface area contributed by atoms with Crippen LogP contribution in [0.3, 0.4) is 0 Å². The number of nitrogens with zero attached hydrogens (tertiary/aromatic N) is 1. The van der Waals surface area contributed by atoms with E-state index < -0.39 is 34.5 Å². The second-order valence-electron chi connectivity index (χ2n) is 6.47. The Labute approximate surface area is 189 Å². The number of benzene rings is 2. The monoisotopic (exact) mass is 482 g/mol. The maximum atomic E-state index is 14.4. The number of alkyl halides is 3. The molecule has 0 unspecified atom stereocenters. The van der Waals surface area contributed by atoms with Gasteiger partial charge in [0, 0.05) is 31.1 Å². The van der Waals surface area contributed by atoms with Crippen LogP contribution in [0.5, 0.6) is 11.5 Å². The zero-order valence-corrected chi connectivity index (χ0v) is 17.5. The van der Waals surface area contributed by atoms with E-state index in [1.165, 1.54) is 37.5 Å². The number of ether oxygens (including phenoxy) is 1. The van der Waals surface area contributed by atoms with E-state index in [0.717, 1.165) is 24.3 Å². The third-order valence-corrected chi connectivity index (χ3v) is 4.46. The number of amides is 3. The number of carbonyl (C=O) groups is 2. The Hall–Kier alpha value is -3.86. The van der Waals surface area contributed by atoms with Crippen LogP contribution < -0.4 is 20.7 Å². The zero-order chi connectivity index (χ0) is 24.2. The third kappa shape index (κ3) is 6.10. The van der Waals surface area contributed by atoms with Crippen molar-refractivity contribution in [2.24, 2.45) is 0 Å². The molecule has 33 heavy (non-hydrogen) atoms. The number of urea groups is 1. The number of anilines is 2. The summed E-state index contributed by atoms with van der Waals surface area (Å²) >= 11 is 5.61. The summed E-state index contributed by atoms with van der Waals surface area (Å²) in [6, 6.07) is 8.21. The average molecular weight is 483 g/mol. The lowest BCUT2D eigenvalue weighted by atomic mass is 10.2. The van der Waals surface area contributed by atoms with Gasteiger partial charge in [-0.05, 0) is 36.4 Å². The standard InChI is InChI=1S/C21H15ClF4N4O3/c1-27-19(31)18-10-13(6-7-28-18)33-12-3-5-17(16(23)9-12)30-20(32)29-11-2-4-14(15(22)8-11)21(24,25)26/h2-10H,1H3,(H,27,31)(H2,29,30,32). The van der Waals surface area contributed by atoms with E-state index in [9.17, 15) is 27.2 Å². The first-order chi connectivity index (χ1) is 15.6. The number of pyridine rings is 1. The fourth-order valence-electron chi connectivity index (χ4n) is 2.63. The molecule has 0 aliphatic heterocycles. The van der Waals surface area contributed by atoms with Crippen LogP contribution >= 0.6 is 11.6 Å². The molecular weight excluding hydrogens is 468 g/mol. The van der Waals surface area contributed by atoms with Crippen molar-refractivity contribution < 1.29 is 31.9 Å². The molecule has 0 aliphatic rings. The number of hydrogen-bond acceptors (Lipinski definition) is 4. The summed E-state index contributed by atoms with van der Waals surface area (Å²) in [6.07, 6.45) is -3.28. The van der Waals surface area contributed by atoms with Crippen LogP contribution in [-0.4, -0.2) is 24.0 Å². The van der Waals surface area contributed by atoms with Crippen molar-refractivity contribution in [1.29, 1.82) is 0 Å². The highest BCUT2D eigenvalue weighted by Crippen LogP contribution is 2.36. The fourth-order valence-corrected chi connectivity index (χ4v) is 2.92. The lowest BCUT2D eigenvalue weighted by molar-refractivity contribution is -0.137. The minimum absolute atomic E-state index is 0.0181. The lowest BCUT2D eigenvalue weighted by Gasteiger charge is -2.12. The zero-order valence-electron chi connectivity index (χ0n) is 16.8. The molecule has 0 atom stereocenters.